The first-order valence-corrected chi connectivity index (χ1v) is 8.12. The third-order valence-electron chi connectivity index (χ3n) is 3.19. The van der Waals surface area contributed by atoms with E-state index in [-0.39, 0.29) is 0 Å². The molecular weight excluding hydrogens is 232 g/mol. The van der Waals surface area contributed by atoms with E-state index in [1.165, 1.54) is 51.4 Å². The molecule has 0 aliphatic heterocycles. The number of unbranched alkanes of at least 4 members (excludes halogenated alkanes) is 7. The van der Waals surface area contributed by atoms with Crippen molar-refractivity contribution >= 4 is 0 Å². The molecule has 0 aromatic rings. The van der Waals surface area contributed by atoms with Crippen LogP contribution in [-0.2, 0) is 0 Å². The van der Waals surface area contributed by atoms with Gasteiger partial charge in [0, 0.05) is 6.42 Å². The second-order valence-electron chi connectivity index (χ2n) is 5.15. The Hall–Kier alpha value is -0.740. The summed E-state index contributed by atoms with van der Waals surface area (Å²) in [5.41, 5.74) is 0. The minimum Gasteiger partial charge on any atom is -0.380 e. The molecule has 1 unspecified atom stereocenters. The molecule has 0 aliphatic carbocycles. The zero-order valence-electron chi connectivity index (χ0n) is 13.0. The topological polar surface area (TPSA) is 20.2 Å². The number of aliphatic hydroxyl groups excluding tert-OH is 1. The average Bonchev–Trinajstić information content (AvgIpc) is 2.42. The fourth-order valence-electron chi connectivity index (χ4n) is 2.00. The highest BCUT2D eigenvalue weighted by Gasteiger charge is 1.95. The molecule has 110 valence electrons. The van der Waals surface area contributed by atoms with Gasteiger partial charge in [-0.15, -0.1) is 5.92 Å². The molecule has 0 aliphatic rings. The normalized spacial score (nSPS) is 12.4. The second kappa shape index (κ2) is 15.3. The van der Waals surface area contributed by atoms with Crippen LogP contribution in [0.4, 0.5) is 0 Å². The number of hydrogen-bond donors (Lipinski definition) is 1. The first-order chi connectivity index (χ1) is 9.31. The molecule has 0 saturated heterocycles. The van der Waals surface area contributed by atoms with Crippen molar-refractivity contribution < 1.29 is 5.11 Å². The molecule has 0 bridgehead atoms. The Labute approximate surface area is 120 Å². The number of aliphatic hydroxyl groups is 1. The van der Waals surface area contributed by atoms with Crippen molar-refractivity contribution in [1.29, 1.82) is 0 Å². The quantitative estimate of drug-likeness (QED) is 0.307. The molecule has 0 radical (unpaired) electrons. The van der Waals surface area contributed by atoms with E-state index in [1.807, 2.05) is 6.92 Å². The molecule has 0 aromatic carbocycles. The lowest BCUT2D eigenvalue weighted by Crippen LogP contribution is -2.01. The maximum absolute atomic E-state index is 9.52. The Bertz CT molecular complexity index is 257. The minimum absolute atomic E-state index is 0.442. The maximum atomic E-state index is 9.52. The zero-order chi connectivity index (χ0) is 14.2. The minimum atomic E-state index is -0.442. The van der Waals surface area contributed by atoms with E-state index in [0.717, 1.165) is 19.3 Å². The molecule has 19 heavy (non-hydrogen) atoms. The van der Waals surface area contributed by atoms with Gasteiger partial charge >= 0.3 is 0 Å². The van der Waals surface area contributed by atoms with E-state index in [0.29, 0.717) is 0 Å². The van der Waals surface area contributed by atoms with Crippen LogP contribution in [0.1, 0.15) is 84.5 Å². The van der Waals surface area contributed by atoms with Crippen molar-refractivity contribution in [3.8, 4) is 11.8 Å². The van der Waals surface area contributed by atoms with Gasteiger partial charge in [0.05, 0.1) is 0 Å². The third kappa shape index (κ3) is 15.2. The number of hydrogen-bond acceptors (Lipinski definition) is 1. The van der Waals surface area contributed by atoms with Crippen LogP contribution in [0.3, 0.4) is 0 Å². The lowest BCUT2D eigenvalue weighted by molar-refractivity contribution is 0.223. The molecule has 0 fully saturated rings. The van der Waals surface area contributed by atoms with E-state index in [1.54, 1.807) is 0 Å². The van der Waals surface area contributed by atoms with Crippen molar-refractivity contribution in [3.05, 3.63) is 12.2 Å². The van der Waals surface area contributed by atoms with Crippen LogP contribution < -0.4 is 0 Å². The second-order valence-corrected chi connectivity index (χ2v) is 5.15. The average molecular weight is 264 g/mol. The molecule has 1 heteroatoms. The zero-order valence-corrected chi connectivity index (χ0v) is 13.0. The Morgan fingerprint density at radius 3 is 2.21 bits per heavy atom. The van der Waals surface area contributed by atoms with Crippen LogP contribution >= 0.6 is 0 Å². The van der Waals surface area contributed by atoms with E-state index >= 15 is 0 Å². The lowest BCUT2D eigenvalue weighted by Gasteiger charge is -2.00. The standard InChI is InChI=1S/C18H32O/c1-3-5-7-8-9-10-11-12-13-14-15-17-18(19)16-6-4-2/h13-14,18-19H,3-5,7-12,15,17H2,1-2H3. The van der Waals surface area contributed by atoms with E-state index in [4.69, 9.17) is 0 Å². The van der Waals surface area contributed by atoms with Crippen molar-refractivity contribution in [2.24, 2.45) is 0 Å². The summed E-state index contributed by atoms with van der Waals surface area (Å²) in [6.45, 7) is 4.26. The number of rotatable bonds is 11. The Balaban J connectivity index is 3.25. The molecule has 0 rings (SSSR count). The van der Waals surface area contributed by atoms with Crippen LogP contribution in [0, 0.1) is 11.8 Å². The molecule has 1 nitrogen and oxygen atoms in total. The highest BCUT2D eigenvalue weighted by Crippen LogP contribution is 2.09. The SMILES string of the molecule is CCC#CC(O)CCC=CCCCCCCCCC. The molecule has 0 aromatic heterocycles. The van der Waals surface area contributed by atoms with E-state index in [9.17, 15) is 5.11 Å². The molecule has 0 heterocycles. The monoisotopic (exact) mass is 264 g/mol. The largest absolute Gasteiger partial charge is 0.380 e. The van der Waals surface area contributed by atoms with Crippen LogP contribution in [-0.4, -0.2) is 11.2 Å². The Morgan fingerprint density at radius 1 is 0.895 bits per heavy atom. The molecule has 1 N–H and O–H groups in total. The van der Waals surface area contributed by atoms with E-state index < -0.39 is 6.10 Å². The van der Waals surface area contributed by atoms with Gasteiger partial charge in [0.15, 0.2) is 0 Å². The van der Waals surface area contributed by atoms with Gasteiger partial charge in [0.2, 0.25) is 0 Å². The third-order valence-corrected chi connectivity index (χ3v) is 3.19. The van der Waals surface area contributed by atoms with Gasteiger partial charge in [0.25, 0.3) is 0 Å². The van der Waals surface area contributed by atoms with Gasteiger partial charge in [-0.25, -0.2) is 0 Å². The van der Waals surface area contributed by atoms with Gasteiger partial charge in [-0.1, -0.05) is 70.4 Å². The van der Waals surface area contributed by atoms with Gasteiger partial charge in [-0.3, -0.25) is 0 Å². The summed E-state index contributed by atoms with van der Waals surface area (Å²) in [6.07, 6.45) is 17.3. The summed E-state index contributed by atoms with van der Waals surface area (Å²) < 4.78 is 0. The van der Waals surface area contributed by atoms with Crippen molar-refractivity contribution in [1.82, 2.24) is 0 Å². The van der Waals surface area contributed by atoms with Crippen LogP contribution in [0.15, 0.2) is 12.2 Å². The lowest BCUT2D eigenvalue weighted by atomic mass is 10.1. The smallest absolute Gasteiger partial charge is 0.115 e. The molecule has 0 saturated carbocycles. The van der Waals surface area contributed by atoms with Gasteiger partial charge in [-0.05, 0) is 25.7 Å². The first kappa shape index (κ1) is 18.3. The predicted octanol–water partition coefficient (Wildman–Crippen LogP) is 5.24. The molecule has 0 spiro atoms. The van der Waals surface area contributed by atoms with Crippen molar-refractivity contribution in [3.63, 3.8) is 0 Å². The highest BCUT2D eigenvalue weighted by molar-refractivity contribution is 5.04. The summed E-state index contributed by atoms with van der Waals surface area (Å²) in [5.74, 6) is 5.75. The van der Waals surface area contributed by atoms with Gasteiger partial charge in [0.1, 0.15) is 6.10 Å². The fourth-order valence-corrected chi connectivity index (χ4v) is 2.00. The predicted molar refractivity (Wildman–Crippen MR) is 85.1 cm³/mol. The fraction of sp³-hybridized carbons (Fsp3) is 0.778. The molecular formula is C18H32O. The maximum Gasteiger partial charge on any atom is 0.115 e. The van der Waals surface area contributed by atoms with Crippen LogP contribution in [0.25, 0.3) is 0 Å². The Kier molecular flexibility index (Phi) is 14.7. The molecule has 0 amide bonds. The van der Waals surface area contributed by atoms with Gasteiger partial charge in [-0.2, -0.15) is 0 Å². The van der Waals surface area contributed by atoms with Crippen molar-refractivity contribution in [2.75, 3.05) is 0 Å². The summed E-state index contributed by atoms with van der Waals surface area (Å²) in [6, 6.07) is 0. The number of allylic oxidation sites excluding steroid dienone is 2. The van der Waals surface area contributed by atoms with Crippen LogP contribution in [0.5, 0.6) is 0 Å². The molecule has 1 atom stereocenters. The Morgan fingerprint density at radius 2 is 1.53 bits per heavy atom. The van der Waals surface area contributed by atoms with Crippen LogP contribution in [0.2, 0.25) is 0 Å². The first-order valence-electron chi connectivity index (χ1n) is 8.12. The van der Waals surface area contributed by atoms with Crippen molar-refractivity contribution in [2.45, 2.75) is 90.6 Å². The van der Waals surface area contributed by atoms with E-state index in [2.05, 4.69) is 30.9 Å². The van der Waals surface area contributed by atoms with Gasteiger partial charge < -0.3 is 5.11 Å². The highest BCUT2D eigenvalue weighted by atomic mass is 16.3. The summed E-state index contributed by atoms with van der Waals surface area (Å²) in [4.78, 5) is 0. The summed E-state index contributed by atoms with van der Waals surface area (Å²) in [7, 11) is 0. The summed E-state index contributed by atoms with van der Waals surface area (Å²) in [5, 5.41) is 9.52. The summed E-state index contributed by atoms with van der Waals surface area (Å²) >= 11 is 0.